The van der Waals surface area contributed by atoms with Crippen molar-refractivity contribution in [3.8, 4) is 0 Å². The quantitative estimate of drug-likeness (QED) is 0.509. The lowest BCUT2D eigenvalue weighted by atomic mass is 9.96. The number of methoxy groups -OCH3 is 1. The van der Waals surface area contributed by atoms with Gasteiger partial charge in [0.2, 0.25) is 0 Å². The van der Waals surface area contributed by atoms with Crippen LogP contribution in [-0.2, 0) is 14.2 Å². The molecule has 0 radical (unpaired) electrons. The second-order valence-electron chi connectivity index (χ2n) is 5.14. The van der Waals surface area contributed by atoms with Gasteiger partial charge in [-0.15, -0.1) is 0 Å². The molecule has 0 spiro atoms. The Balaban J connectivity index is 1.79. The first kappa shape index (κ1) is 15.8. The largest absolute Gasteiger partial charge is 0.484 e. The second-order valence-corrected chi connectivity index (χ2v) is 5.14. The van der Waals surface area contributed by atoms with Crippen molar-refractivity contribution in [1.82, 2.24) is 0 Å². The van der Waals surface area contributed by atoms with Crippen molar-refractivity contribution in [3.05, 3.63) is 0 Å². The standard InChI is InChI=1S/C15H25N3O3/c1-16-15(19-2)12(6-7-14-18-9-11-21-14)4-3-5-13-17-8-10-20-13/h12H,3-11H2,1-2H3/b16-15-. The summed E-state index contributed by atoms with van der Waals surface area (Å²) >= 11 is 0. The molecule has 0 saturated heterocycles. The van der Waals surface area contributed by atoms with Crippen LogP contribution in [0.25, 0.3) is 0 Å². The van der Waals surface area contributed by atoms with E-state index in [1.54, 1.807) is 14.2 Å². The Labute approximate surface area is 126 Å². The first-order valence-electron chi connectivity index (χ1n) is 7.66. The SMILES string of the molecule is C/N=C(\OC)C(CCCC1=NCCO1)CCC1=NCCO1. The molecule has 0 aromatic rings. The van der Waals surface area contributed by atoms with Crippen LogP contribution >= 0.6 is 0 Å². The third kappa shape index (κ3) is 5.02. The van der Waals surface area contributed by atoms with E-state index in [9.17, 15) is 0 Å². The summed E-state index contributed by atoms with van der Waals surface area (Å²) in [6, 6.07) is 0. The minimum Gasteiger partial charge on any atom is -0.484 e. The highest BCUT2D eigenvalue weighted by molar-refractivity contribution is 5.81. The Bertz CT molecular complexity index is 418. The number of hydrogen-bond acceptors (Lipinski definition) is 6. The van der Waals surface area contributed by atoms with E-state index in [2.05, 4.69) is 15.0 Å². The summed E-state index contributed by atoms with van der Waals surface area (Å²) in [6.45, 7) is 3.04. The maximum atomic E-state index is 5.47. The van der Waals surface area contributed by atoms with Gasteiger partial charge >= 0.3 is 0 Å². The smallest absolute Gasteiger partial charge is 0.185 e. The fraction of sp³-hybridized carbons (Fsp3) is 0.800. The summed E-state index contributed by atoms with van der Waals surface area (Å²) in [5, 5.41) is 0. The van der Waals surface area contributed by atoms with Crippen molar-refractivity contribution in [1.29, 1.82) is 0 Å². The van der Waals surface area contributed by atoms with Gasteiger partial charge in [-0.2, -0.15) is 0 Å². The van der Waals surface area contributed by atoms with E-state index < -0.39 is 0 Å². The van der Waals surface area contributed by atoms with Crippen LogP contribution in [0.4, 0.5) is 0 Å². The van der Waals surface area contributed by atoms with E-state index >= 15 is 0 Å². The minimum atomic E-state index is 0.300. The summed E-state index contributed by atoms with van der Waals surface area (Å²) < 4.78 is 16.3. The van der Waals surface area contributed by atoms with Gasteiger partial charge in [0.25, 0.3) is 0 Å². The summed E-state index contributed by atoms with van der Waals surface area (Å²) in [4.78, 5) is 12.9. The highest BCUT2D eigenvalue weighted by atomic mass is 16.5. The molecule has 1 unspecified atom stereocenters. The molecule has 2 heterocycles. The lowest BCUT2D eigenvalue weighted by Gasteiger charge is -2.17. The number of ether oxygens (including phenoxy) is 3. The van der Waals surface area contributed by atoms with Crippen LogP contribution in [0.15, 0.2) is 15.0 Å². The van der Waals surface area contributed by atoms with Crippen LogP contribution in [0.5, 0.6) is 0 Å². The summed E-state index contributed by atoms with van der Waals surface area (Å²) in [5.41, 5.74) is 0. The Morgan fingerprint density at radius 1 is 1.14 bits per heavy atom. The Morgan fingerprint density at radius 2 is 1.81 bits per heavy atom. The number of rotatable bonds is 8. The van der Waals surface area contributed by atoms with E-state index in [0.717, 1.165) is 76.1 Å². The van der Waals surface area contributed by atoms with Gasteiger partial charge in [0.1, 0.15) is 13.2 Å². The molecule has 21 heavy (non-hydrogen) atoms. The highest BCUT2D eigenvalue weighted by Gasteiger charge is 2.19. The van der Waals surface area contributed by atoms with Gasteiger partial charge in [0, 0.05) is 25.8 Å². The zero-order chi connectivity index (χ0) is 14.9. The summed E-state index contributed by atoms with van der Waals surface area (Å²) in [6.07, 6.45) is 4.74. The van der Waals surface area contributed by atoms with Gasteiger partial charge in [-0.25, -0.2) is 0 Å². The zero-order valence-corrected chi connectivity index (χ0v) is 13.0. The third-order valence-corrected chi connectivity index (χ3v) is 3.72. The van der Waals surface area contributed by atoms with E-state index in [1.165, 1.54) is 0 Å². The average molecular weight is 295 g/mol. The van der Waals surface area contributed by atoms with E-state index in [0.29, 0.717) is 5.92 Å². The second kappa shape index (κ2) is 8.64. The van der Waals surface area contributed by atoms with Crippen molar-refractivity contribution in [2.45, 2.75) is 32.1 Å². The van der Waals surface area contributed by atoms with E-state index in [1.807, 2.05) is 0 Å². The molecule has 2 aliphatic heterocycles. The Morgan fingerprint density at radius 3 is 2.33 bits per heavy atom. The molecule has 1 atom stereocenters. The molecule has 0 amide bonds. The third-order valence-electron chi connectivity index (χ3n) is 3.72. The van der Waals surface area contributed by atoms with Gasteiger partial charge in [-0.1, -0.05) is 0 Å². The van der Waals surface area contributed by atoms with Crippen LogP contribution in [0, 0.1) is 5.92 Å². The molecule has 0 aromatic carbocycles. The fourth-order valence-corrected chi connectivity index (χ4v) is 2.69. The predicted octanol–water partition coefficient (Wildman–Crippen LogP) is 2.09. The first-order valence-corrected chi connectivity index (χ1v) is 7.66. The highest BCUT2D eigenvalue weighted by Crippen LogP contribution is 2.20. The van der Waals surface area contributed by atoms with Crippen molar-refractivity contribution in [3.63, 3.8) is 0 Å². The zero-order valence-electron chi connectivity index (χ0n) is 13.0. The maximum Gasteiger partial charge on any atom is 0.185 e. The summed E-state index contributed by atoms with van der Waals surface area (Å²) in [5.74, 6) is 2.87. The van der Waals surface area contributed by atoms with Crippen LogP contribution in [0.3, 0.4) is 0 Å². The number of hydrogen-bond donors (Lipinski definition) is 0. The molecule has 0 fully saturated rings. The topological polar surface area (TPSA) is 64.8 Å². The van der Waals surface area contributed by atoms with Crippen LogP contribution in [-0.4, -0.2) is 58.2 Å². The summed E-state index contributed by atoms with van der Waals surface area (Å²) in [7, 11) is 3.46. The van der Waals surface area contributed by atoms with Crippen molar-refractivity contribution in [2.75, 3.05) is 40.5 Å². The van der Waals surface area contributed by atoms with Crippen molar-refractivity contribution >= 4 is 17.7 Å². The molecule has 6 nitrogen and oxygen atoms in total. The van der Waals surface area contributed by atoms with Gasteiger partial charge in [-0.05, 0) is 19.3 Å². The normalized spacial score (nSPS) is 19.6. The van der Waals surface area contributed by atoms with Gasteiger partial charge in [0.15, 0.2) is 17.7 Å². The lowest BCUT2D eigenvalue weighted by molar-refractivity contribution is 0.322. The monoisotopic (exact) mass is 295 g/mol. The molecule has 0 aliphatic carbocycles. The number of nitrogens with zero attached hydrogens (tertiary/aromatic N) is 3. The molecule has 0 saturated carbocycles. The fourth-order valence-electron chi connectivity index (χ4n) is 2.69. The van der Waals surface area contributed by atoms with Crippen molar-refractivity contribution < 1.29 is 14.2 Å². The van der Waals surface area contributed by atoms with Gasteiger partial charge in [-0.3, -0.25) is 15.0 Å². The predicted molar refractivity (Wildman–Crippen MR) is 83.5 cm³/mol. The molecule has 2 rings (SSSR count). The van der Waals surface area contributed by atoms with Gasteiger partial charge in [0.05, 0.1) is 20.2 Å². The Kier molecular flexibility index (Phi) is 6.50. The van der Waals surface area contributed by atoms with Crippen LogP contribution < -0.4 is 0 Å². The minimum absolute atomic E-state index is 0.300. The average Bonchev–Trinajstić information content (AvgIpc) is 3.18. The molecule has 118 valence electrons. The van der Waals surface area contributed by atoms with Crippen LogP contribution in [0.1, 0.15) is 32.1 Å². The van der Waals surface area contributed by atoms with Crippen molar-refractivity contribution in [2.24, 2.45) is 20.9 Å². The number of aliphatic imine (C=N–C) groups is 3. The Hall–Kier alpha value is -1.59. The molecular formula is C15H25N3O3. The van der Waals surface area contributed by atoms with Crippen LogP contribution in [0.2, 0.25) is 0 Å². The lowest BCUT2D eigenvalue weighted by Crippen LogP contribution is -2.18. The van der Waals surface area contributed by atoms with E-state index in [4.69, 9.17) is 14.2 Å². The maximum absolute atomic E-state index is 5.47. The molecule has 0 bridgehead atoms. The first-order chi connectivity index (χ1) is 10.3. The van der Waals surface area contributed by atoms with E-state index in [-0.39, 0.29) is 0 Å². The molecular weight excluding hydrogens is 270 g/mol. The molecule has 2 aliphatic rings. The molecule has 6 heteroatoms. The molecule has 0 aromatic heterocycles. The molecule has 0 N–H and O–H groups in total. The van der Waals surface area contributed by atoms with Gasteiger partial charge < -0.3 is 14.2 Å².